The number of carboxylic acid groups (broad SMARTS) is 1. The van der Waals surface area contributed by atoms with E-state index < -0.39 is 11.9 Å². The van der Waals surface area contributed by atoms with Crippen molar-refractivity contribution in [2.45, 2.75) is 0 Å². The Morgan fingerprint density at radius 2 is 1.67 bits per heavy atom. The van der Waals surface area contributed by atoms with Gasteiger partial charge >= 0.3 is 5.97 Å². The molecule has 0 aromatic heterocycles. The molecule has 0 atom stereocenters. The minimum Gasteiger partial charge on any atom is -0.481 e. The molecule has 0 aromatic rings. The molecular weight excluding hydrogens is 168 g/mol. The summed E-state index contributed by atoms with van der Waals surface area (Å²) in [4.78, 5) is 29.7. The lowest BCUT2D eigenvalue weighted by molar-refractivity contribution is -0.149. The summed E-state index contributed by atoms with van der Waals surface area (Å²) in [6.07, 6.45) is 0. The van der Waals surface area contributed by atoms with Crippen LogP contribution in [0.3, 0.4) is 0 Å². The Labute approximate surface area is 68.1 Å². The normalized spacial score (nSPS) is 9.08. The number of aliphatic carboxylic acids is 1. The Hall–Kier alpha value is -1.59. The van der Waals surface area contributed by atoms with Gasteiger partial charge < -0.3 is 14.6 Å². The maximum Gasteiger partial charge on any atom is 0.313 e. The molecule has 6 nitrogen and oxygen atoms in total. The van der Waals surface area contributed by atoms with Crippen LogP contribution in [0.25, 0.3) is 0 Å². The Kier molecular flexibility index (Phi) is 5.33. The van der Waals surface area contributed by atoms with Gasteiger partial charge in [-0.2, -0.15) is 0 Å². The molecule has 68 valence electrons. The predicted molar refractivity (Wildman–Crippen MR) is 35.2 cm³/mol. The second kappa shape index (κ2) is 6.14. The Bertz CT molecular complexity index is 153. The van der Waals surface area contributed by atoms with Gasteiger partial charge in [-0.3, -0.25) is 14.4 Å². The number of hydrogen-bond donors (Lipinski definition) is 1. The lowest BCUT2D eigenvalue weighted by Crippen LogP contribution is -2.24. The highest BCUT2D eigenvalue weighted by molar-refractivity contribution is 5.70. The smallest absolute Gasteiger partial charge is 0.313 e. The molecule has 0 heterocycles. The third-order valence-electron chi connectivity index (χ3n) is 1.08. The second-order valence-electron chi connectivity index (χ2n) is 1.89. The summed E-state index contributed by atoms with van der Waals surface area (Å²) in [5, 5.41) is 8.43. The standard InChI is InChI=1S/C6H8O6/c7-3-11-1-5(6(9)10)2-12-4-8/h3-5H,1-2H2,(H,9,10). The van der Waals surface area contributed by atoms with Crippen LogP contribution in [0.4, 0.5) is 0 Å². The Balaban J connectivity index is 3.77. The van der Waals surface area contributed by atoms with Crippen molar-refractivity contribution in [2.75, 3.05) is 13.2 Å². The van der Waals surface area contributed by atoms with E-state index in [9.17, 15) is 14.4 Å². The van der Waals surface area contributed by atoms with Gasteiger partial charge in [0.1, 0.15) is 19.1 Å². The fourth-order valence-corrected chi connectivity index (χ4v) is 0.502. The first-order valence-corrected chi connectivity index (χ1v) is 3.05. The molecule has 6 heteroatoms. The van der Waals surface area contributed by atoms with Crippen molar-refractivity contribution in [1.82, 2.24) is 0 Å². The molecule has 0 aromatic carbocycles. The molecule has 0 unspecified atom stereocenters. The number of rotatable bonds is 7. The maximum absolute atomic E-state index is 10.3. The average Bonchev–Trinajstić information content (AvgIpc) is 2.04. The lowest BCUT2D eigenvalue weighted by Gasteiger charge is -2.08. The summed E-state index contributed by atoms with van der Waals surface area (Å²) < 4.78 is 8.39. The van der Waals surface area contributed by atoms with Crippen molar-refractivity contribution in [3.8, 4) is 0 Å². The molecule has 0 aliphatic rings. The van der Waals surface area contributed by atoms with Crippen LogP contribution < -0.4 is 0 Å². The molecule has 1 N–H and O–H groups in total. The van der Waals surface area contributed by atoms with E-state index in [0.29, 0.717) is 0 Å². The molecule has 0 saturated carbocycles. The molecule has 0 saturated heterocycles. The number of hydrogen-bond acceptors (Lipinski definition) is 5. The van der Waals surface area contributed by atoms with Crippen molar-refractivity contribution >= 4 is 18.9 Å². The Morgan fingerprint density at radius 3 is 1.92 bits per heavy atom. The molecule has 0 fully saturated rings. The molecular formula is C6H8O6. The third-order valence-corrected chi connectivity index (χ3v) is 1.08. The summed E-state index contributed by atoms with van der Waals surface area (Å²) in [6.45, 7) is -0.326. The zero-order valence-electron chi connectivity index (χ0n) is 6.13. The van der Waals surface area contributed by atoms with Crippen molar-refractivity contribution in [3.05, 3.63) is 0 Å². The fourth-order valence-electron chi connectivity index (χ4n) is 0.502. The second-order valence-corrected chi connectivity index (χ2v) is 1.89. The van der Waals surface area contributed by atoms with Gasteiger partial charge in [-0.15, -0.1) is 0 Å². The van der Waals surface area contributed by atoms with Crippen molar-refractivity contribution in [3.63, 3.8) is 0 Å². The van der Waals surface area contributed by atoms with Gasteiger partial charge in [-0.25, -0.2) is 0 Å². The molecule has 0 aliphatic heterocycles. The van der Waals surface area contributed by atoms with Crippen LogP contribution in [0, 0.1) is 5.92 Å². The minimum atomic E-state index is -1.18. The van der Waals surface area contributed by atoms with Gasteiger partial charge in [-0.05, 0) is 0 Å². The number of carbonyl (C=O) groups excluding carboxylic acids is 2. The van der Waals surface area contributed by atoms with Gasteiger partial charge in [0.25, 0.3) is 12.9 Å². The summed E-state index contributed by atoms with van der Waals surface area (Å²) in [7, 11) is 0. The summed E-state index contributed by atoms with van der Waals surface area (Å²) in [5.74, 6) is -2.18. The zero-order chi connectivity index (χ0) is 9.40. The van der Waals surface area contributed by atoms with Crippen LogP contribution in [0.5, 0.6) is 0 Å². The quantitative estimate of drug-likeness (QED) is 0.502. The first-order valence-electron chi connectivity index (χ1n) is 3.05. The minimum absolute atomic E-state index is 0.136. The van der Waals surface area contributed by atoms with Crippen LogP contribution >= 0.6 is 0 Å². The van der Waals surface area contributed by atoms with Gasteiger partial charge in [0.15, 0.2) is 0 Å². The highest BCUT2D eigenvalue weighted by Gasteiger charge is 2.18. The molecule has 0 amide bonds. The Morgan fingerprint density at radius 1 is 1.25 bits per heavy atom. The topological polar surface area (TPSA) is 89.9 Å². The van der Waals surface area contributed by atoms with Crippen molar-refractivity contribution < 1.29 is 29.0 Å². The summed E-state index contributed by atoms with van der Waals surface area (Å²) in [5.41, 5.74) is 0. The van der Waals surface area contributed by atoms with E-state index in [1.165, 1.54) is 0 Å². The maximum atomic E-state index is 10.3. The summed E-state index contributed by atoms with van der Waals surface area (Å²) in [6, 6.07) is 0. The van der Waals surface area contributed by atoms with E-state index in [-0.39, 0.29) is 26.2 Å². The van der Waals surface area contributed by atoms with E-state index in [4.69, 9.17) is 5.11 Å². The number of ether oxygens (including phenoxy) is 2. The molecule has 0 bridgehead atoms. The number of carboxylic acids is 1. The van der Waals surface area contributed by atoms with Crippen LogP contribution in [0.2, 0.25) is 0 Å². The van der Waals surface area contributed by atoms with Crippen LogP contribution in [0.15, 0.2) is 0 Å². The van der Waals surface area contributed by atoms with Crippen molar-refractivity contribution in [1.29, 1.82) is 0 Å². The number of carbonyl (C=O) groups is 3. The fraction of sp³-hybridized carbons (Fsp3) is 0.500. The van der Waals surface area contributed by atoms with E-state index in [0.717, 1.165) is 0 Å². The molecule has 0 aliphatic carbocycles. The largest absolute Gasteiger partial charge is 0.481 e. The molecule has 0 rings (SSSR count). The van der Waals surface area contributed by atoms with Crippen LogP contribution in [-0.4, -0.2) is 37.2 Å². The first kappa shape index (κ1) is 10.4. The van der Waals surface area contributed by atoms with E-state index in [1.807, 2.05) is 0 Å². The van der Waals surface area contributed by atoms with E-state index in [2.05, 4.69) is 9.47 Å². The van der Waals surface area contributed by atoms with Crippen LogP contribution in [-0.2, 0) is 23.9 Å². The lowest BCUT2D eigenvalue weighted by atomic mass is 10.2. The van der Waals surface area contributed by atoms with Gasteiger partial charge in [-0.1, -0.05) is 0 Å². The molecule has 12 heavy (non-hydrogen) atoms. The average molecular weight is 176 g/mol. The first-order chi connectivity index (χ1) is 5.72. The van der Waals surface area contributed by atoms with Gasteiger partial charge in [0, 0.05) is 0 Å². The van der Waals surface area contributed by atoms with Gasteiger partial charge in [0.05, 0.1) is 0 Å². The van der Waals surface area contributed by atoms with Crippen LogP contribution in [0.1, 0.15) is 0 Å². The highest BCUT2D eigenvalue weighted by Crippen LogP contribution is 1.97. The monoisotopic (exact) mass is 176 g/mol. The zero-order valence-corrected chi connectivity index (χ0v) is 6.13. The summed E-state index contributed by atoms with van der Waals surface area (Å²) >= 11 is 0. The van der Waals surface area contributed by atoms with Crippen molar-refractivity contribution in [2.24, 2.45) is 5.92 Å². The highest BCUT2D eigenvalue weighted by atomic mass is 16.5. The van der Waals surface area contributed by atoms with E-state index >= 15 is 0 Å². The van der Waals surface area contributed by atoms with E-state index in [1.54, 1.807) is 0 Å². The van der Waals surface area contributed by atoms with Gasteiger partial charge in [0.2, 0.25) is 0 Å². The molecule has 0 spiro atoms. The third kappa shape index (κ3) is 4.26. The predicted octanol–water partition coefficient (Wildman–Crippen LogP) is -0.967. The molecule has 0 radical (unpaired) electrons. The SMILES string of the molecule is O=COCC(COC=O)C(=O)O.